The highest BCUT2D eigenvalue weighted by Crippen LogP contribution is 2.29. The Morgan fingerprint density at radius 2 is 1.97 bits per heavy atom. The van der Waals surface area contributed by atoms with Crippen molar-refractivity contribution in [1.82, 2.24) is 25.4 Å². The number of nitrogens with one attached hydrogen (secondary N) is 2. The summed E-state index contributed by atoms with van der Waals surface area (Å²) >= 11 is 0. The first kappa shape index (κ1) is 28.6. The molecular formula is C30H42N6O3. The lowest BCUT2D eigenvalue weighted by atomic mass is 9.82. The number of aromatic nitrogens is 1. The lowest BCUT2D eigenvalue weighted by Crippen LogP contribution is -2.47. The highest BCUT2D eigenvalue weighted by molar-refractivity contribution is 5.79. The molecule has 1 aromatic heterocycles. The molecule has 2 atom stereocenters. The van der Waals surface area contributed by atoms with Crippen molar-refractivity contribution in [2.24, 2.45) is 11.8 Å². The smallest absolute Gasteiger partial charge is 0.236 e. The number of hydrogen-bond donors (Lipinski definition) is 2. The number of ether oxygens (including phenoxy) is 1. The van der Waals surface area contributed by atoms with Gasteiger partial charge in [0.25, 0.3) is 0 Å². The summed E-state index contributed by atoms with van der Waals surface area (Å²) in [6.45, 7) is 4.92. The van der Waals surface area contributed by atoms with Crippen LogP contribution in [0.5, 0.6) is 5.75 Å². The molecule has 1 aromatic carbocycles. The molecule has 39 heavy (non-hydrogen) atoms. The zero-order valence-corrected chi connectivity index (χ0v) is 23.4. The molecule has 2 aromatic rings. The van der Waals surface area contributed by atoms with Gasteiger partial charge in [0.15, 0.2) is 0 Å². The monoisotopic (exact) mass is 534 g/mol. The van der Waals surface area contributed by atoms with E-state index in [1.54, 1.807) is 12.4 Å². The van der Waals surface area contributed by atoms with E-state index < -0.39 is 0 Å². The number of piperidine rings is 1. The molecule has 0 spiro atoms. The number of amides is 2. The minimum atomic E-state index is 0.0334. The van der Waals surface area contributed by atoms with Crippen molar-refractivity contribution in [2.45, 2.75) is 25.9 Å². The lowest BCUT2D eigenvalue weighted by molar-refractivity contribution is -0.132. The first-order valence-electron chi connectivity index (χ1n) is 13.8. The number of rotatable bonds is 8. The van der Waals surface area contributed by atoms with E-state index in [9.17, 15) is 9.59 Å². The fourth-order valence-corrected chi connectivity index (χ4v) is 5.09. The van der Waals surface area contributed by atoms with Gasteiger partial charge in [-0.05, 0) is 68.2 Å². The Bertz CT molecular complexity index is 1120. The van der Waals surface area contributed by atoms with Crippen LogP contribution in [-0.2, 0) is 22.7 Å². The Morgan fingerprint density at radius 3 is 2.77 bits per heavy atom. The van der Waals surface area contributed by atoms with Gasteiger partial charge in [-0.2, -0.15) is 0 Å². The maximum atomic E-state index is 13.1. The molecule has 1 fully saturated rings. The van der Waals surface area contributed by atoms with Crippen LogP contribution in [0.15, 0.2) is 54.9 Å². The molecule has 2 amide bonds. The van der Waals surface area contributed by atoms with Crippen molar-refractivity contribution in [3.05, 3.63) is 66.0 Å². The maximum absolute atomic E-state index is 13.1. The van der Waals surface area contributed by atoms with Crippen LogP contribution in [0.25, 0.3) is 0 Å². The minimum absolute atomic E-state index is 0.0334. The van der Waals surface area contributed by atoms with Crippen molar-refractivity contribution >= 4 is 17.5 Å². The normalized spacial score (nSPS) is 20.6. The average Bonchev–Trinajstić information content (AvgIpc) is 2.95. The van der Waals surface area contributed by atoms with Gasteiger partial charge in [-0.3, -0.25) is 14.6 Å². The number of nitrogens with zero attached hydrogens (tertiary/aromatic N) is 4. The Balaban J connectivity index is 1.41. The molecule has 0 unspecified atom stereocenters. The highest BCUT2D eigenvalue weighted by atomic mass is 16.5. The van der Waals surface area contributed by atoms with E-state index in [-0.39, 0.29) is 30.2 Å². The molecule has 2 N–H and O–H groups in total. The van der Waals surface area contributed by atoms with Gasteiger partial charge in [0.05, 0.1) is 6.54 Å². The molecule has 9 nitrogen and oxygen atoms in total. The standard InChI is InChI=1S/C30H42N6O3/c1-34(2)14-15-35(3)27-6-7-28-26(17-27)20-32-21-30(38)36-13-10-24(25(22-36)5-4-16-39-28)18-29(37)33-19-23-8-11-31-12-9-23/h4-9,11-12,17,24-25,32H,10,13-16,18-22H2,1-3H3,(H,33,37)/b5-4+/t24-,25-/m0/s1. The van der Waals surface area contributed by atoms with Gasteiger partial charge < -0.3 is 30.1 Å². The number of carbonyl (C=O) groups excluding carboxylic acids is 2. The Morgan fingerprint density at radius 1 is 1.15 bits per heavy atom. The van der Waals surface area contributed by atoms with E-state index in [4.69, 9.17) is 4.74 Å². The molecule has 3 heterocycles. The second kappa shape index (κ2) is 14.1. The maximum Gasteiger partial charge on any atom is 0.236 e. The number of likely N-dealkylation sites (N-methyl/N-ethyl adjacent to an activating group) is 2. The summed E-state index contributed by atoms with van der Waals surface area (Å²) in [6.07, 6.45) is 8.86. The number of hydrogen-bond acceptors (Lipinski definition) is 7. The first-order valence-corrected chi connectivity index (χ1v) is 13.8. The zero-order chi connectivity index (χ0) is 27.6. The summed E-state index contributed by atoms with van der Waals surface area (Å²) in [5.41, 5.74) is 3.18. The van der Waals surface area contributed by atoms with Gasteiger partial charge in [0.1, 0.15) is 12.4 Å². The first-order chi connectivity index (χ1) is 18.9. The van der Waals surface area contributed by atoms with Crippen LogP contribution >= 0.6 is 0 Å². The third-order valence-electron chi connectivity index (χ3n) is 7.52. The topological polar surface area (TPSA) is 90.0 Å². The van der Waals surface area contributed by atoms with Crippen LogP contribution < -0.4 is 20.3 Å². The predicted octanol–water partition coefficient (Wildman–Crippen LogP) is 2.29. The fourth-order valence-electron chi connectivity index (χ4n) is 5.09. The van der Waals surface area contributed by atoms with Gasteiger partial charge >= 0.3 is 0 Å². The van der Waals surface area contributed by atoms with Gasteiger partial charge in [0.2, 0.25) is 11.8 Å². The summed E-state index contributed by atoms with van der Waals surface area (Å²) in [6, 6.07) is 10.1. The van der Waals surface area contributed by atoms with Crippen molar-refractivity contribution < 1.29 is 14.3 Å². The molecule has 9 heteroatoms. The number of fused-ring (bicyclic) bond motifs is 3. The van der Waals surface area contributed by atoms with Crippen molar-refractivity contribution in [1.29, 1.82) is 0 Å². The Kier molecular flexibility index (Phi) is 10.3. The van der Waals surface area contributed by atoms with E-state index in [0.717, 1.165) is 42.1 Å². The zero-order valence-electron chi connectivity index (χ0n) is 23.4. The summed E-state index contributed by atoms with van der Waals surface area (Å²) in [4.78, 5) is 36.2. The van der Waals surface area contributed by atoms with Crippen molar-refractivity contribution in [3.8, 4) is 5.75 Å². The van der Waals surface area contributed by atoms with Crippen LogP contribution in [0.1, 0.15) is 24.0 Å². The number of benzene rings is 1. The largest absolute Gasteiger partial charge is 0.489 e. The minimum Gasteiger partial charge on any atom is -0.489 e. The Hall–Kier alpha value is -3.43. The molecule has 2 aliphatic rings. The summed E-state index contributed by atoms with van der Waals surface area (Å²) in [5, 5.41) is 6.37. The summed E-state index contributed by atoms with van der Waals surface area (Å²) in [5.74, 6) is 1.22. The van der Waals surface area contributed by atoms with Crippen molar-refractivity contribution in [3.63, 3.8) is 0 Å². The summed E-state index contributed by atoms with van der Waals surface area (Å²) in [7, 11) is 6.24. The molecule has 4 rings (SSSR count). The number of anilines is 1. The average molecular weight is 535 g/mol. The SMILES string of the molecule is CN(C)CCN(C)c1ccc2c(c1)CNCC(=O)N1CC[C@@H](CC(=O)NCc3ccncc3)[C@@H](/C=C/CO2)C1. The molecule has 2 bridgehead atoms. The number of pyridine rings is 1. The van der Waals surface area contributed by atoms with Crippen LogP contribution in [0.2, 0.25) is 0 Å². The second-order valence-electron chi connectivity index (χ2n) is 10.7. The van der Waals surface area contributed by atoms with E-state index in [1.165, 1.54) is 0 Å². The summed E-state index contributed by atoms with van der Waals surface area (Å²) < 4.78 is 6.17. The molecule has 0 saturated carbocycles. The third-order valence-corrected chi connectivity index (χ3v) is 7.52. The predicted molar refractivity (Wildman–Crippen MR) is 153 cm³/mol. The van der Waals surface area contributed by atoms with Gasteiger partial charge in [-0.1, -0.05) is 12.2 Å². The van der Waals surface area contributed by atoms with Gasteiger partial charge in [-0.25, -0.2) is 0 Å². The second-order valence-corrected chi connectivity index (χ2v) is 10.7. The van der Waals surface area contributed by atoms with Crippen LogP contribution in [0.3, 0.4) is 0 Å². The molecule has 210 valence electrons. The van der Waals surface area contributed by atoms with Gasteiger partial charge in [0, 0.05) is 76.4 Å². The quantitative estimate of drug-likeness (QED) is 0.503. The van der Waals surface area contributed by atoms with Gasteiger partial charge in [-0.15, -0.1) is 0 Å². The van der Waals surface area contributed by atoms with Crippen molar-refractivity contribution in [2.75, 3.05) is 65.4 Å². The van der Waals surface area contributed by atoms with E-state index in [1.807, 2.05) is 29.2 Å². The third kappa shape index (κ3) is 8.53. The highest BCUT2D eigenvalue weighted by Gasteiger charge is 2.31. The fraction of sp³-hybridized carbons (Fsp3) is 0.500. The van der Waals surface area contributed by atoms with Crippen LogP contribution in [-0.4, -0.2) is 87.1 Å². The van der Waals surface area contributed by atoms with Crippen LogP contribution in [0, 0.1) is 11.8 Å². The molecule has 0 radical (unpaired) electrons. The number of carbonyl (C=O) groups is 2. The van der Waals surface area contributed by atoms with Crippen LogP contribution in [0.4, 0.5) is 5.69 Å². The molecule has 2 aliphatic heterocycles. The van der Waals surface area contributed by atoms with E-state index in [0.29, 0.717) is 39.2 Å². The molecule has 0 aliphatic carbocycles. The molecular weight excluding hydrogens is 492 g/mol. The van der Waals surface area contributed by atoms with E-state index in [2.05, 4.69) is 64.8 Å². The Labute approximate surface area is 232 Å². The molecule has 1 saturated heterocycles. The lowest BCUT2D eigenvalue weighted by Gasteiger charge is -2.37. The van der Waals surface area contributed by atoms with E-state index >= 15 is 0 Å².